The maximum Gasteiger partial charge on any atom is 0.338 e. The van der Waals surface area contributed by atoms with E-state index in [-0.39, 0.29) is 17.6 Å². The van der Waals surface area contributed by atoms with E-state index in [1.807, 2.05) is 0 Å². The van der Waals surface area contributed by atoms with Crippen LogP contribution >= 0.6 is 15.9 Å². The molecule has 3 atom stereocenters. The van der Waals surface area contributed by atoms with Gasteiger partial charge in [-0.3, -0.25) is 0 Å². The Balaban J connectivity index is 1.93. The number of hydrogen-bond donors (Lipinski definition) is 3. The smallest absolute Gasteiger partial charge is 0.338 e. The minimum absolute atomic E-state index is 0.0486. The molecule has 0 spiro atoms. The Kier molecular flexibility index (Phi) is 6.17. The summed E-state index contributed by atoms with van der Waals surface area (Å²) in [4.78, 5) is 25.1. The second-order valence-electron chi connectivity index (χ2n) is 7.42. The summed E-state index contributed by atoms with van der Waals surface area (Å²) in [5.74, 6) is 0.271. The lowest BCUT2D eigenvalue weighted by Crippen LogP contribution is -2.45. The van der Waals surface area contributed by atoms with Gasteiger partial charge in [0.1, 0.15) is 6.10 Å². The van der Waals surface area contributed by atoms with E-state index in [9.17, 15) is 14.7 Å². The van der Waals surface area contributed by atoms with Crippen LogP contribution in [0.4, 0.5) is 4.79 Å². The van der Waals surface area contributed by atoms with Gasteiger partial charge in [-0.15, -0.1) is 0 Å². The first-order valence-electron chi connectivity index (χ1n) is 9.35. The molecule has 0 bridgehead atoms. The number of benzene rings is 1. The molecule has 28 heavy (non-hydrogen) atoms. The number of phenols is 1. The van der Waals surface area contributed by atoms with Gasteiger partial charge in [-0.25, -0.2) is 9.59 Å². The van der Waals surface area contributed by atoms with E-state index < -0.39 is 18.0 Å². The normalized spacial score (nSPS) is 25.0. The van der Waals surface area contributed by atoms with Crippen molar-refractivity contribution >= 4 is 27.9 Å². The molecular weight excluding hydrogens is 428 g/mol. The molecule has 1 aromatic carbocycles. The molecule has 1 saturated carbocycles. The van der Waals surface area contributed by atoms with Crippen molar-refractivity contribution < 1.29 is 24.2 Å². The molecule has 0 aromatic heterocycles. The molecule has 1 aliphatic heterocycles. The lowest BCUT2D eigenvalue weighted by molar-refractivity contribution is -0.146. The van der Waals surface area contributed by atoms with Crippen LogP contribution in [0.25, 0.3) is 0 Å². The number of carbonyl (C=O) groups excluding carboxylic acids is 2. The molecule has 1 aromatic rings. The predicted octanol–water partition coefficient (Wildman–Crippen LogP) is 3.91. The fourth-order valence-electron chi connectivity index (χ4n) is 3.83. The van der Waals surface area contributed by atoms with Crippen LogP contribution in [-0.4, -0.2) is 30.3 Å². The molecule has 3 N–H and O–H groups in total. The second-order valence-corrected chi connectivity index (χ2v) is 8.28. The van der Waals surface area contributed by atoms with Gasteiger partial charge in [-0.05, 0) is 65.7 Å². The quantitative estimate of drug-likeness (QED) is 0.601. The van der Waals surface area contributed by atoms with Crippen LogP contribution in [0.3, 0.4) is 0 Å². The summed E-state index contributed by atoms with van der Waals surface area (Å²) in [6, 6.07) is 2.12. The zero-order chi connectivity index (χ0) is 20.4. The summed E-state index contributed by atoms with van der Waals surface area (Å²) in [7, 11) is 1.44. The molecule has 0 saturated heterocycles. The van der Waals surface area contributed by atoms with Crippen molar-refractivity contribution in [3.8, 4) is 11.5 Å². The number of carbonyl (C=O) groups is 2. The third-order valence-electron chi connectivity index (χ3n) is 5.26. The first-order chi connectivity index (χ1) is 13.3. The number of halogens is 1. The van der Waals surface area contributed by atoms with E-state index in [1.54, 1.807) is 19.1 Å². The SMILES string of the molecule is COc1cc([C@@H]2NC(=O)NC(C)=C2C(=O)O[C@@H]2CCC[C@@H](C)C2)cc(Br)c1O. The molecule has 2 aliphatic rings. The second kappa shape index (κ2) is 8.43. The summed E-state index contributed by atoms with van der Waals surface area (Å²) in [6.45, 7) is 3.84. The van der Waals surface area contributed by atoms with Crippen LogP contribution in [0.1, 0.15) is 51.1 Å². The van der Waals surface area contributed by atoms with Crippen LogP contribution in [0.2, 0.25) is 0 Å². The van der Waals surface area contributed by atoms with Gasteiger partial charge in [0.2, 0.25) is 0 Å². The number of hydrogen-bond acceptors (Lipinski definition) is 5. The Morgan fingerprint density at radius 2 is 2.07 bits per heavy atom. The number of phenolic OH excluding ortho intramolecular Hbond substituents is 1. The van der Waals surface area contributed by atoms with Crippen LogP contribution < -0.4 is 15.4 Å². The maximum atomic E-state index is 13.0. The van der Waals surface area contributed by atoms with Gasteiger partial charge < -0.3 is 25.2 Å². The number of esters is 1. The van der Waals surface area contributed by atoms with Gasteiger partial charge >= 0.3 is 12.0 Å². The zero-order valence-electron chi connectivity index (χ0n) is 16.2. The van der Waals surface area contributed by atoms with Gasteiger partial charge in [0.25, 0.3) is 0 Å². The highest BCUT2D eigenvalue weighted by Crippen LogP contribution is 2.39. The average molecular weight is 453 g/mol. The van der Waals surface area contributed by atoms with Gasteiger partial charge in [0, 0.05) is 5.70 Å². The van der Waals surface area contributed by atoms with Crippen LogP contribution in [-0.2, 0) is 9.53 Å². The van der Waals surface area contributed by atoms with Gasteiger partial charge in [-0.2, -0.15) is 0 Å². The molecule has 1 aliphatic carbocycles. The van der Waals surface area contributed by atoms with Crippen molar-refractivity contribution in [2.24, 2.45) is 5.92 Å². The van der Waals surface area contributed by atoms with Crippen molar-refractivity contribution in [2.45, 2.75) is 51.7 Å². The Bertz CT molecular complexity index is 823. The summed E-state index contributed by atoms with van der Waals surface area (Å²) in [5, 5.41) is 15.5. The standard InChI is InChI=1S/C20H25BrN2O5/c1-10-5-4-6-13(7-10)28-19(25)16-11(2)22-20(26)23-17(16)12-8-14(21)18(24)15(9-12)27-3/h8-10,13,17,24H,4-7H2,1-3H3,(H2,22,23,26)/t10-,13-,17+/m1/s1. The van der Waals surface area contributed by atoms with Crippen LogP contribution in [0, 0.1) is 5.92 Å². The molecular formula is C20H25BrN2O5. The van der Waals surface area contributed by atoms with E-state index in [4.69, 9.17) is 9.47 Å². The molecule has 152 valence electrons. The Labute approximate surface area is 172 Å². The minimum Gasteiger partial charge on any atom is -0.503 e. The Hall–Kier alpha value is -2.22. The van der Waals surface area contributed by atoms with Crippen LogP contribution in [0.5, 0.6) is 11.5 Å². The van der Waals surface area contributed by atoms with Gasteiger partial charge in [0.15, 0.2) is 11.5 Å². The molecule has 8 heteroatoms. The molecule has 0 unspecified atom stereocenters. The summed E-state index contributed by atoms with van der Waals surface area (Å²) >= 11 is 3.29. The molecule has 2 amide bonds. The van der Waals surface area contributed by atoms with Crippen molar-refractivity contribution in [1.29, 1.82) is 0 Å². The first-order valence-corrected chi connectivity index (χ1v) is 10.1. The van der Waals surface area contributed by atoms with E-state index in [0.717, 1.165) is 25.7 Å². The zero-order valence-corrected chi connectivity index (χ0v) is 17.8. The summed E-state index contributed by atoms with van der Waals surface area (Å²) in [5.41, 5.74) is 1.39. The lowest BCUT2D eigenvalue weighted by atomic mass is 9.88. The fourth-order valence-corrected chi connectivity index (χ4v) is 4.29. The molecule has 1 heterocycles. The van der Waals surface area contributed by atoms with Crippen molar-refractivity contribution in [1.82, 2.24) is 10.6 Å². The highest BCUT2D eigenvalue weighted by molar-refractivity contribution is 9.10. The molecule has 3 rings (SSSR count). The van der Waals surface area contributed by atoms with E-state index in [0.29, 0.717) is 27.2 Å². The average Bonchev–Trinajstić information content (AvgIpc) is 2.63. The molecule has 7 nitrogen and oxygen atoms in total. The Morgan fingerprint density at radius 3 is 2.75 bits per heavy atom. The molecule has 0 radical (unpaired) electrons. The van der Waals surface area contributed by atoms with Gasteiger partial charge in [0.05, 0.1) is 23.2 Å². The number of allylic oxidation sites excluding steroid dienone is 1. The summed E-state index contributed by atoms with van der Waals surface area (Å²) < 4.78 is 11.4. The third-order valence-corrected chi connectivity index (χ3v) is 5.86. The summed E-state index contributed by atoms with van der Waals surface area (Å²) in [6.07, 6.45) is 3.78. The van der Waals surface area contributed by atoms with Crippen LogP contribution in [0.15, 0.2) is 27.9 Å². The van der Waals surface area contributed by atoms with Crippen molar-refractivity contribution in [2.75, 3.05) is 7.11 Å². The first kappa shape index (κ1) is 20.5. The van der Waals surface area contributed by atoms with E-state index >= 15 is 0 Å². The van der Waals surface area contributed by atoms with Crippen molar-refractivity contribution in [3.05, 3.63) is 33.4 Å². The number of nitrogens with one attached hydrogen (secondary N) is 2. The number of rotatable bonds is 4. The predicted molar refractivity (Wildman–Crippen MR) is 107 cm³/mol. The third kappa shape index (κ3) is 4.27. The van der Waals surface area contributed by atoms with Gasteiger partial charge in [-0.1, -0.05) is 13.3 Å². The monoisotopic (exact) mass is 452 g/mol. The Morgan fingerprint density at radius 1 is 1.32 bits per heavy atom. The van der Waals surface area contributed by atoms with Crippen molar-refractivity contribution in [3.63, 3.8) is 0 Å². The topological polar surface area (TPSA) is 96.9 Å². The lowest BCUT2D eigenvalue weighted by Gasteiger charge is -2.31. The minimum atomic E-state index is -0.715. The number of methoxy groups -OCH3 is 1. The van der Waals surface area contributed by atoms with E-state index in [1.165, 1.54) is 7.11 Å². The largest absolute Gasteiger partial charge is 0.503 e. The molecule has 1 fully saturated rings. The fraction of sp³-hybridized carbons (Fsp3) is 0.500. The number of urea groups is 1. The van der Waals surface area contributed by atoms with E-state index in [2.05, 4.69) is 33.5 Å². The highest BCUT2D eigenvalue weighted by Gasteiger charge is 2.34. The number of aromatic hydroxyl groups is 1. The number of amides is 2. The number of ether oxygens (including phenoxy) is 2. The maximum absolute atomic E-state index is 13.0. The highest BCUT2D eigenvalue weighted by atomic mass is 79.9.